The Bertz CT molecular complexity index is 205. The summed E-state index contributed by atoms with van der Waals surface area (Å²) in [5.74, 6) is -1.38. The van der Waals surface area contributed by atoms with Crippen LogP contribution < -0.4 is 5.32 Å². The van der Waals surface area contributed by atoms with Crippen molar-refractivity contribution in [2.45, 2.75) is 39.3 Å². The first kappa shape index (κ1) is 12.9. The van der Waals surface area contributed by atoms with E-state index in [1.165, 1.54) is 6.92 Å². The minimum atomic E-state index is -0.979. The number of aliphatic carboxylic acids is 1. The maximum atomic E-state index is 11.3. The largest absolute Gasteiger partial charge is 0.480 e. The molecular formula is C9H17NO4. The number of carbonyl (C=O) groups is 2. The number of hydrogen-bond donors (Lipinski definition) is 2. The van der Waals surface area contributed by atoms with Crippen LogP contribution in [0.2, 0.25) is 0 Å². The van der Waals surface area contributed by atoms with Crippen LogP contribution in [0.15, 0.2) is 0 Å². The van der Waals surface area contributed by atoms with Gasteiger partial charge in [-0.3, -0.25) is 14.9 Å². The zero-order valence-corrected chi connectivity index (χ0v) is 8.74. The molecule has 0 aliphatic carbocycles. The van der Waals surface area contributed by atoms with E-state index in [-0.39, 0.29) is 0 Å². The summed E-state index contributed by atoms with van der Waals surface area (Å²) in [6, 6.07) is -1.29. The number of hydrogen-bond acceptors (Lipinski definition) is 4. The van der Waals surface area contributed by atoms with E-state index in [0.717, 1.165) is 0 Å². The standard InChI is InChI=1S/C9H17NO4/c1-4-7(9(13)14-5-2)10-6(3)8(11)12/h6-7,10H,4-5H2,1-3H3,(H,11,12)/t6-,7-/m0/s1. The van der Waals surface area contributed by atoms with E-state index < -0.39 is 24.0 Å². The van der Waals surface area contributed by atoms with Gasteiger partial charge in [0.25, 0.3) is 0 Å². The van der Waals surface area contributed by atoms with Crippen molar-refractivity contribution in [1.29, 1.82) is 0 Å². The van der Waals surface area contributed by atoms with Crippen molar-refractivity contribution in [1.82, 2.24) is 5.32 Å². The molecule has 0 aromatic rings. The van der Waals surface area contributed by atoms with E-state index >= 15 is 0 Å². The average Bonchev–Trinajstić information content (AvgIpc) is 2.13. The van der Waals surface area contributed by atoms with Crippen molar-refractivity contribution in [2.24, 2.45) is 0 Å². The third-order valence-corrected chi connectivity index (χ3v) is 1.80. The second kappa shape index (κ2) is 6.37. The third kappa shape index (κ3) is 4.23. The minimum absolute atomic E-state index is 0.304. The molecule has 0 bridgehead atoms. The van der Waals surface area contributed by atoms with Crippen LogP contribution in [-0.4, -0.2) is 35.7 Å². The van der Waals surface area contributed by atoms with Crippen LogP contribution in [-0.2, 0) is 14.3 Å². The molecule has 0 aromatic heterocycles. The summed E-state index contributed by atoms with van der Waals surface area (Å²) in [5, 5.41) is 11.3. The van der Waals surface area contributed by atoms with Crippen LogP contribution in [0.4, 0.5) is 0 Å². The number of rotatable bonds is 6. The molecule has 14 heavy (non-hydrogen) atoms. The summed E-state index contributed by atoms with van der Waals surface area (Å²) in [4.78, 5) is 21.8. The van der Waals surface area contributed by atoms with Crippen LogP contribution in [0.25, 0.3) is 0 Å². The molecule has 0 heterocycles. The molecule has 0 amide bonds. The zero-order valence-electron chi connectivity index (χ0n) is 8.74. The molecule has 0 aliphatic heterocycles. The van der Waals surface area contributed by atoms with E-state index in [2.05, 4.69) is 5.32 Å². The van der Waals surface area contributed by atoms with Crippen molar-refractivity contribution < 1.29 is 19.4 Å². The summed E-state index contributed by atoms with van der Waals surface area (Å²) < 4.78 is 4.78. The summed E-state index contributed by atoms with van der Waals surface area (Å²) in [6.45, 7) is 5.30. The Labute approximate surface area is 83.4 Å². The van der Waals surface area contributed by atoms with Gasteiger partial charge in [-0.05, 0) is 20.3 Å². The van der Waals surface area contributed by atoms with E-state index in [1.807, 2.05) is 0 Å². The van der Waals surface area contributed by atoms with Crippen molar-refractivity contribution >= 4 is 11.9 Å². The van der Waals surface area contributed by atoms with Crippen molar-refractivity contribution in [3.05, 3.63) is 0 Å². The maximum Gasteiger partial charge on any atom is 0.323 e. The molecule has 82 valence electrons. The van der Waals surface area contributed by atoms with Gasteiger partial charge in [0.2, 0.25) is 0 Å². The molecule has 0 aromatic carbocycles. The lowest BCUT2D eigenvalue weighted by Gasteiger charge is -2.17. The SMILES string of the molecule is CCOC(=O)[C@H](CC)N[C@@H](C)C(=O)O. The normalized spacial score (nSPS) is 14.5. The average molecular weight is 203 g/mol. The third-order valence-electron chi connectivity index (χ3n) is 1.80. The Morgan fingerprint density at radius 2 is 2.00 bits per heavy atom. The topological polar surface area (TPSA) is 75.6 Å². The second-order valence-electron chi connectivity index (χ2n) is 2.94. The molecule has 0 aliphatic rings. The van der Waals surface area contributed by atoms with Crippen LogP contribution in [0.3, 0.4) is 0 Å². The number of ether oxygens (including phenoxy) is 1. The number of carbonyl (C=O) groups excluding carboxylic acids is 1. The fourth-order valence-electron chi connectivity index (χ4n) is 0.968. The fraction of sp³-hybridized carbons (Fsp3) is 0.778. The molecule has 0 radical (unpaired) electrons. The summed E-state index contributed by atoms with van der Waals surface area (Å²) in [6.07, 6.45) is 0.510. The van der Waals surface area contributed by atoms with E-state index in [4.69, 9.17) is 9.84 Å². The lowest BCUT2D eigenvalue weighted by atomic mass is 10.2. The molecule has 2 atom stereocenters. The number of carboxylic acid groups (broad SMARTS) is 1. The summed E-state index contributed by atoms with van der Waals surface area (Å²) in [7, 11) is 0. The van der Waals surface area contributed by atoms with Gasteiger partial charge in [-0.15, -0.1) is 0 Å². The molecule has 5 heteroatoms. The van der Waals surface area contributed by atoms with Gasteiger partial charge in [-0.1, -0.05) is 6.92 Å². The molecule has 2 N–H and O–H groups in total. The predicted molar refractivity (Wildman–Crippen MR) is 50.9 cm³/mol. The van der Waals surface area contributed by atoms with Gasteiger partial charge < -0.3 is 9.84 Å². The van der Waals surface area contributed by atoms with Gasteiger partial charge >= 0.3 is 11.9 Å². The highest BCUT2D eigenvalue weighted by Gasteiger charge is 2.22. The van der Waals surface area contributed by atoms with E-state index in [9.17, 15) is 9.59 Å². The zero-order chi connectivity index (χ0) is 11.1. The summed E-state index contributed by atoms with van der Waals surface area (Å²) >= 11 is 0. The minimum Gasteiger partial charge on any atom is -0.480 e. The highest BCUT2D eigenvalue weighted by molar-refractivity contribution is 5.78. The maximum absolute atomic E-state index is 11.3. The molecule has 0 saturated carbocycles. The van der Waals surface area contributed by atoms with Gasteiger partial charge in [-0.25, -0.2) is 0 Å². The van der Waals surface area contributed by atoms with E-state index in [0.29, 0.717) is 13.0 Å². The van der Waals surface area contributed by atoms with Crippen molar-refractivity contribution in [3.8, 4) is 0 Å². The van der Waals surface area contributed by atoms with Crippen molar-refractivity contribution in [3.63, 3.8) is 0 Å². The molecule has 5 nitrogen and oxygen atoms in total. The highest BCUT2D eigenvalue weighted by atomic mass is 16.5. The molecule has 0 unspecified atom stereocenters. The first-order valence-electron chi connectivity index (χ1n) is 4.68. The van der Waals surface area contributed by atoms with Crippen LogP contribution in [0, 0.1) is 0 Å². The number of nitrogens with one attached hydrogen (secondary N) is 1. The van der Waals surface area contributed by atoms with Gasteiger partial charge in [-0.2, -0.15) is 0 Å². The molecule has 0 rings (SSSR count). The number of carboxylic acids is 1. The van der Waals surface area contributed by atoms with Crippen LogP contribution >= 0.6 is 0 Å². The van der Waals surface area contributed by atoms with Crippen LogP contribution in [0.1, 0.15) is 27.2 Å². The first-order chi connectivity index (χ1) is 6.52. The van der Waals surface area contributed by atoms with Gasteiger partial charge in [0.05, 0.1) is 6.61 Å². The predicted octanol–water partition coefficient (Wildman–Crippen LogP) is 0.391. The van der Waals surface area contributed by atoms with E-state index in [1.54, 1.807) is 13.8 Å². The molecule has 0 saturated heterocycles. The Morgan fingerprint density at radius 3 is 2.36 bits per heavy atom. The molecular weight excluding hydrogens is 186 g/mol. The quantitative estimate of drug-likeness (QED) is 0.611. The Hall–Kier alpha value is -1.10. The van der Waals surface area contributed by atoms with Gasteiger partial charge in [0.1, 0.15) is 12.1 Å². The lowest BCUT2D eigenvalue weighted by Crippen LogP contribution is -2.45. The highest BCUT2D eigenvalue weighted by Crippen LogP contribution is 1.97. The molecule has 0 fully saturated rings. The lowest BCUT2D eigenvalue weighted by molar-refractivity contribution is -0.146. The monoisotopic (exact) mass is 203 g/mol. The summed E-state index contributed by atoms with van der Waals surface area (Å²) in [5.41, 5.74) is 0. The fourth-order valence-corrected chi connectivity index (χ4v) is 0.968. The Balaban J connectivity index is 4.14. The Kier molecular flexibility index (Phi) is 5.87. The molecule has 0 spiro atoms. The first-order valence-corrected chi connectivity index (χ1v) is 4.68. The van der Waals surface area contributed by atoms with Gasteiger partial charge in [0.15, 0.2) is 0 Å². The van der Waals surface area contributed by atoms with Crippen LogP contribution in [0.5, 0.6) is 0 Å². The number of esters is 1. The smallest absolute Gasteiger partial charge is 0.323 e. The second-order valence-corrected chi connectivity index (χ2v) is 2.94. The Morgan fingerprint density at radius 1 is 1.43 bits per heavy atom. The van der Waals surface area contributed by atoms with Gasteiger partial charge in [0, 0.05) is 0 Å². The van der Waals surface area contributed by atoms with Crippen molar-refractivity contribution in [2.75, 3.05) is 6.61 Å².